The Balaban J connectivity index is 2.03. The molecule has 0 bridgehead atoms. The lowest BCUT2D eigenvalue weighted by Gasteiger charge is -2.34. The highest BCUT2D eigenvalue weighted by Crippen LogP contribution is 2.49. The molecule has 1 aliphatic heterocycles. The molecule has 1 aliphatic rings. The highest BCUT2D eigenvalue weighted by atomic mass is 16.5. The number of hydrogen-bond donors (Lipinski definition) is 0. The first-order valence-electron chi connectivity index (χ1n) is 9.99. The van der Waals surface area contributed by atoms with E-state index in [0.29, 0.717) is 51.9 Å². The lowest BCUT2D eigenvalue weighted by atomic mass is 9.92. The lowest BCUT2D eigenvalue weighted by Crippen LogP contribution is -2.33. The van der Waals surface area contributed by atoms with Crippen LogP contribution in [0.5, 0.6) is 28.7 Å². The Hall–Kier alpha value is -3.35. The third kappa shape index (κ3) is 3.44. The van der Waals surface area contributed by atoms with Crippen LogP contribution >= 0.6 is 0 Å². The van der Waals surface area contributed by atoms with Crippen LogP contribution in [0.2, 0.25) is 0 Å². The van der Waals surface area contributed by atoms with Gasteiger partial charge in [0.1, 0.15) is 22.5 Å². The minimum atomic E-state index is -0.409. The van der Waals surface area contributed by atoms with Crippen LogP contribution in [0, 0.1) is 0 Å². The van der Waals surface area contributed by atoms with E-state index in [1.54, 1.807) is 39.5 Å². The van der Waals surface area contributed by atoms with Gasteiger partial charge < -0.3 is 28.1 Å². The van der Waals surface area contributed by atoms with E-state index in [9.17, 15) is 4.79 Å². The van der Waals surface area contributed by atoms with Crippen LogP contribution in [-0.2, 0) is 6.42 Å². The monoisotopic (exact) mass is 426 g/mol. The molecule has 0 unspecified atom stereocenters. The maximum atomic E-state index is 13.3. The molecule has 0 spiro atoms. The Morgan fingerprint density at radius 2 is 1.61 bits per heavy atom. The zero-order valence-corrected chi connectivity index (χ0v) is 18.6. The SMILES string of the molecule is COc1ccc(-c2cc(=O)c3c4c(c(OC)c(OC)c3o2)CCC(C)(C)O4)cc1OC. The van der Waals surface area contributed by atoms with E-state index in [4.69, 9.17) is 28.1 Å². The second-order valence-electron chi connectivity index (χ2n) is 7.98. The first-order chi connectivity index (χ1) is 14.8. The van der Waals surface area contributed by atoms with Gasteiger partial charge in [-0.15, -0.1) is 0 Å². The summed E-state index contributed by atoms with van der Waals surface area (Å²) < 4.78 is 34.4. The van der Waals surface area contributed by atoms with Gasteiger partial charge in [0.2, 0.25) is 5.75 Å². The van der Waals surface area contributed by atoms with Crippen molar-refractivity contribution >= 4 is 11.0 Å². The van der Waals surface area contributed by atoms with Crippen LogP contribution in [0.15, 0.2) is 33.5 Å². The first-order valence-corrected chi connectivity index (χ1v) is 9.99. The van der Waals surface area contributed by atoms with E-state index in [1.165, 1.54) is 13.2 Å². The zero-order chi connectivity index (χ0) is 22.3. The van der Waals surface area contributed by atoms with E-state index >= 15 is 0 Å². The molecule has 0 saturated heterocycles. The Morgan fingerprint density at radius 1 is 0.903 bits per heavy atom. The third-order valence-corrected chi connectivity index (χ3v) is 5.57. The van der Waals surface area contributed by atoms with Crippen LogP contribution in [-0.4, -0.2) is 34.0 Å². The van der Waals surface area contributed by atoms with Crippen molar-refractivity contribution in [3.8, 4) is 40.1 Å². The fourth-order valence-corrected chi connectivity index (χ4v) is 3.99. The summed E-state index contributed by atoms with van der Waals surface area (Å²) in [5, 5.41) is 0.352. The molecular weight excluding hydrogens is 400 g/mol. The van der Waals surface area contributed by atoms with Gasteiger partial charge in [0, 0.05) is 17.2 Å². The fraction of sp³-hybridized carbons (Fsp3) is 0.375. The summed E-state index contributed by atoms with van der Waals surface area (Å²) in [5.41, 5.74) is 1.14. The number of benzene rings is 2. The van der Waals surface area contributed by atoms with Crippen LogP contribution in [0.4, 0.5) is 0 Å². The van der Waals surface area contributed by atoms with Crippen LogP contribution in [0.25, 0.3) is 22.3 Å². The van der Waals surface area contributed by atoms with Crippen LogP contribution in [0.1, 0.15) is 25.8 Å². The molecule has 1 aromatic heterocycles. The van der Waals surface area contributed by atoms with Crippen molar-refractivity contribution in [2.45, 2.75) is 32.3 Å². The fourth-order valence-electron chi connectivity index (χ4n) is 3.99. The molecule has 0 atom stereocenters. The van der Waals surface area contributed by atoms with Gasteiger partial charge in [-0.1, -0.05) is 0 Å². The molecule has 164 valence electrons. The topological polar surface area (TPSA) is 76.4 Å². The normalized spacial score (nSPS) is 14.5. The summed E-state index contributed by atoms with van der Waals surface area (Å²) in [6.07, 6.45) is 1.49. The maximum absolute atomic E-state index is 13.3. The molecule has 0 N–H and O–H groups in total. The van der Waals surface area contributed by atoms with Crippen molar-refractivity contribution in [3.63, 3.8) is 0 Å². The van der Waals surface area contributed by atoms with Crippen molar-refractivity contribution in [3.05, 3.63) is 40.1 Å². The second-order valence-corrected chi connectivity index (χ2v) is 7.98. The molecule has 0 fully saturated rings. The summed E-state index contributed by atoms with van der Waals surface area (Å²) >= 11 is 0. The number of hydrogen-bond acceptors (Lipinski definition) is 7. The Bertz CT molecular complexity index is 1210. The second kappa shape index (κ2) is 7.72. The van der Waals surface area contributed by atoms with Gasteiger partial charge in [-0.25, -0.2) is 0 Å². The van der Waals surface area contributed by atoms with Gasteiger partial charge in [0.25, 0.3) is 0 Å². The minimum absolute atomic E-state index is 0.221. The molecule has 7 nitrogen and oxygen atoms in total. The number of methoxy groups -OCH3 is 4. The van der Waals surface area contributed by atoms with Crippen LogP contribution in [0.3, 0.4) is 0 Å². The average molecular weight is 426 g/mol. The van der Waals surface area contributed by atoms with E-state index in [2.05, 4.69) is 0 Å². The third-order valence-electron chi connectivity index (χ3n) is 5.57. The van der Waals surface area contributed by atoms with E-state index in [-0.39, 0.29) is 11.0 Å². The molecule has 0 radical (unpaired) electrons. The molecule has 7 heteroatoms. The molecule has 2 heterocycles. The molecule has 2 aromatic carbocycles. The molecule has 0 aliphatic carbocycles. The quantitative estimate of drug-likeness (QED) is 0.590. The summed E-state index contributed by atoms with van der Waals surface area (Å²) in [6, 6.07) is 6.77. The summed E-state index contributed by atoms with van der Waals surface area (Å²) in [7, 11) is 6.22. The van der Waals surface area contributed by atoms with Gasteiger partial charge in [-0.2, -0.15) is 0 Å². The molecule has 0 saturated carbocycles. The standard InChI is InChI=1S/C24H26O7/c1-24(2)10-9-14-20(31-24)19-15(25)12-17(30-22(19)23(29-6)21(14)28-5)13-7-8-16(26-3)18(11-13)27-4/h7-8,11-12H,9-10H2,1-6H3. The van der Waals surface area contributed by atoms with Gasteiger partial charge >= 0.3 is 0 Å². The predicted molar refractivity (Wildman–Crippen MR) is 117 cm³/mol. The van der Waals surface area contributed by atoms with E-state index in [1.807, 2.05) is 13.8 Å². The number of fused-ring (bicyclic) bond motifs is 3. The highest BCUT2D eigenvalue weighted by Gasteiger charge is 2.34. The molecular formula is C24H26O7. The summed E-state index contributed by atoms with van der Waals surface area (Å²) in [4.78, 5) is 13.3. The number of ether oxygens (including phenoxy) is 5. The maximum Gasteiger partial charge on any atom is 0.205 e. The van der Waals surface area contributed by atoms with Gasteiger partial charge in [-0.3, -0.25) is 4.79 Å². The largest absolute Gasteiger partial charge is 0.493 e. The van der Waals surface area contributed by atoms with Crippen molar-refractivity contribution in [2.75, 3.05) is 28.4 Å². The first kappa shape index (κ1) is 20.9. The summed E-state index contributed by atoms with van der Waals surface area (Å²) in [6.45, 7) is 4.00. The Labute approximate surface area is 180 Å². The smallest absolute Gasteiger partial charge is 0.205 e. The average Bonchev–Trinajstić information content (AvgIpc) is 2.76. The molecule has 3 aromatic rings. The predicted octanol–water partition coefficient (Wildman–Crippen LogP) is 4.60. The minimum Gasteiger partial charge on any atom is -0.493 e. The molecule has 4 rings (SSSR count). The van der Waals surface area contributed by atoms with Crippen molar-refractivity contribution < 1.29 is 28.1 Å². The molecule has 31 heavy (non-hydrogen) atoms. The number of rotatable bonds is 5. The van der Waals surface area contributed by atoms with Crippen molar-refractivity contribution in [1.29, 1.82) is 0 Å². The van der Waals surface area contributed by atoms with Crippen LogP contribution < -0.4 is 29.1 Å². The van der Waals surface area contributed by atoms with Gasteiger partial charge in [0.15, 0.2) is 28.3 Å². The molecule has 0 amide bonds. The Kier molecular flexibility index (Phi) is 5.21. The van der Waals surface area contributed by atoms with Crippen molar-refractivity contribution in [1.82, 2.24) is 0 Å². The zero-order valence-electron chi connectivity index (χ0n) is 18.6. The van der Waals surface area contributed by atoms with E-state index in [0.717, 1.165) is 12.0 Å². The van der Waals surface area contributed by atoms with Crippen molar-refractivity contribution in [2.24, 2.45) is 0 Å². The van der Waals surface area contributed by atoms with Gasteiger partial charge in [0.05, 0.1) is 28.4 Å². The lowest BCUT2D eigenvalue weighted by molar-refractivity contribution is 0.0854. The highest BCUT2D eigenvalue weighted by molar-refractivity contribution is 5.94. The summed E-state index contributed by atoms with van der Waals surface area (Å²) in [5.74, 6) is 2.87. The Morgan fingerprint density at radius 3 is 2.26 bits per heavy atom. The van der Waals surface area contributed by atoms with E-state index < -0.39 is 5.60 Å². The van der Waals surface area contributed by atoms with Gasteiger partial charge in [-0.05, 0) is 44.9 Å².